The number of nitrogens with zero attached hydrogens (tertiary/aromatic N) is 4. The third kappa shape index (κ3) is 4.91. The van der Waals surface area contributed by atoms with Crippen LogP contribution in [-0.4, -0.2) is 58.7 Å². The summed E-state index contributed by atoms with van der Waals surface area (Å²) in [6, 6.07) is 10.9. The molecule has 1 aromatic carbocycles. The van der Waals surface area contributed by atoms with Crippen molar-refractivity contribution in [2.75, 3.05) is 26.7 Å². The third-order valence-corrected chi connectivity index (χ3v) is 5.27. The number of amides is 1. The molecule has 0 N–H and O–H groups in total. The zero-order valence-electron chi connectivity index (χ0n) is 15.7. The number of likely N-dealkylation sites (N-methyl/N-ethyl adjacent to an activating group) is 1. The zero-order chi connectivity index (χ0) is 18.4. The lowest BCUT2D eigenvalue weighted by Gasteiger charge is -2.37. The Bertz CT molecular complexity index is 701. The summed E-state index contributed by atoms with van der Waals surface area (Å²) in [6.07, 6.45) is 4.72. The summed E-state index contributed by atoms with van der Waals surface area (Å²) in [5.74, 6) is 0.0833. The first-order valence-corrected chi connectivity index (χ1v) is 9.43. The van der Waals surface area contributed by atoms with Gasteiger partial charge in [0.1, 0.15) is 11.4 Å². The van der Waals surface area contributed by atoms with Crippen LogP contribution in [-0.2, 0) is 17.6 Å². The molecule has 2 heterocycles. The van der Waals surface area contributed by atoms with Crippen LogP contribution in [0.3, 0.4) is 0 Å². The van der Waals surface area contributed by atoms with Crippen LogP contribution >= 0.6 is 0 Å². The van der Waals surface area contributed by atoms with Gasteiger partial charge < -0.3 is 9.80 Å². The van der Waals surface area contributed by atoms with E-state index in [-0.39, 0.29) is 18.4 Å². The van der Waals surface area contributed by atoms with Crippen molar-refractivity contribution in [3.63, 3.8) is 0 Å². The Kier molecular flexibility index (Phi) is 6.39. The van der Waals surface area contributed by atoms with Crippen LogP contribution in [0.1, 0.15) is 36.2 Å². The van der Waals surface area contributed by atoms with Crippen molar-refractivity contribution in [3.05, 3.63) is 47.3 Å². The fourth-order valence-electron chi connectivity index (χ4n) is 3.58. The Morgan fingerprint density at radius 1 is 1.31 bits per heavy atom. The predicted octanol–water partition coefficient (Wildman–Crippen LogP) is 2.48. The van der Waals surface area contributed by atoms with Crippen LogP contribution in [0.4, 0.5) is 0 Å². The van der Waals surface area contributed by atoms with Crippen molar-refractivity contribution in [1.29, 1.82) is 0 Å². The highest BCUT2D eigenvalue weighted by Gasteiger charge is 2.26. The van der Waals surface area contributed by atoms with Gasteiger partial charge in [-0.15, -0.1) is 0 Å². The quantitative estimate of drug-likeness (QED) is 0.763. The summed E-state index contributed by atoms with van der Waals surface area (Å²) >= 11 is 0. The first kappa shape index (κ1) is 18.6. The molecule has 2 aromatic rings. The first-order chi connectivity index (χ1) is 12.6. The van der Waals surface area contributed by atoms with E-state index in [0.717, 1.165) is 45.3 Å². The molecule has 1 amide bonds. The van der Waals surface area contributed by atoms with Crippen molar-refractivity contribution in [1.82, 2.24) is 20.1 Å². The van der Waals surface area contributed by atoms with E-state index in [1.807, 2.05) is 18.9 Å². The van der Waals surface area contributed by atoms with Crippen LogP contribution in [0.5, 0.6) is 0 Å². The zero-order valence-corrected chi connectivity index (χ0v) is 15.7. The molecule has 0 radical (unpaired) electrons. The summed E-state index contributed by atoms with van der Waals surface area (Å²) < 4.78 is 4.69. The topological polar surface area (TPSA) is 62.5 Å². The number of carbonyl (C=O) groups excluding carboxylic acids is 1. The Morgan fingerprint density at radius 3 is 2.85 bits per heavy atom. The molecular formula is C20H28N4O2. The van der Waals surface area contributed by atoms with Gasteiger partial charge in [0.05, 0.1) is 6.42 Å². The maximum absolute atomic E-state index is 12.6. The van der Waals surface area contributed by atoms with Gasteiger partial charge in [0.15, 0.2) is 0 Å². The molecule has 0 saturated carbocycles. The summed E-state index contributed by atoms with van der Waals surface area (Å²) in [6.45, 7) is 4.97. The molecule has 1 aromatic heterocycles. The largest absolute Gasteiger partial charge is 0.341 e. The van der Waals surface area contributed by atoms with Gasteiger partial charge in [-0.1, -0.05) is 40.6 Å². The minimum atomic E-state index is 0.0833. The van der Waals surface area contributed by atoms with E-state index in [9.17, 15) is 4.79 Å². The van der Waals surface area contributed by atoms with Crippen LogP contribution in [0.25, 0.3) is 0 Å². The fraction of sp³-hybridized carbons (Fsp3) is 0.550. The van der Waals surface area contributed by atoms with E-state index in [0.29, 0.717) is 11.4 Å². The van der Waals surface area contributed by atoms with Gasteiger partial charge in [-0.25, -0.2) is 4.63 Å². The van der Waals surface area contributed by atoms with Gasteiger partial charge in [0, 0.05) is 19.6 Å². The second-order valence-corrected chi connectivity index (χ2v) is 7.16. The van der Waals surface area contributed by atoms with E-state index in [4.69, 9.17) is 4.63 Å². The van der Waals surface area contributed by atoms with Crippen molar-refractivity contribution in [3.8, 4) is 0 Å². The monoisotopic (exact) mass is 356 g/mol. The molecule has 0 spiro atoms. The average Bonchev–Trinajstić information content (AvgIpc) is 3.07. The minimum absolute atomic E-state index is 0.0833. The number of rotatable bonds is 7. The van der Waals surface area contributed by atoms with Gasteiger partial charge in [0.2, 0.25) is 5.91 Å². The maximum atomic E-state index is 12.6. The number of carbonyl (C=O) groups is 1. The summed E-state index contributed by atoms with van der Waals surface area (Å²) in [5.41, 5.74) is 2.72. The summed E-state index contributed by atoms with van der Waals surface area (Å²) in [5, 5.41) is 7.57. The van der Waals surface area contributed by atoms with E-state index < -0.39 is 0 Å². The lowest BCUT2D eigenvalue weighted by molar-refractivity contribution is -0.132. The minimum Gasteiger partial charge on any atom is -0.341 e. The van der Waals surface area contributed by atoms with E-state index >= 15 is 0 Å². The van der Waals surface area contributed by atoms with Crippen LogP contribution in [0.15, 0.2) is 35.0 Å². The van der Waals surface area contributed by atoms with Crippen LogP contribution in [0.2, 0.25) is 0 Å². The normalized spacial score (nSPS) is 18.0. The van der Waals surface area contributed by atoms with Crippen molar-refractivity contribution in [2.24, 2.45) is 0 Å². The predicted molar refractivity (Wildman–Crippen MR) is 99.7 cm³/mol. The molecule has 26 heavy (non-hydrogen) atoms. The van der Waals surface area contributed by atoms with E-state index in [2.05, 4.69) is 45.5 Å². The lowest BCUT2D eigenvalue weighted by atomic mass is 10.0. The number of hydrogen-bond acceptors (Lipinski definition) is 5. The Labute approximate surface area is 155 Å². The van der Waals surface area contributed by atoms with Gasteiger partial charge in [-0.2, -0.15) is 0 Å². The second kappa shape index (κ2) is 8.94. The van der Waals surface area contributed by atoms with Gasteiger partial charge in [-0.05, 0) is 51.3 Å². The van der Waals surface area contributed by atoms with Gasteiger partial charge in [-0.3, -0.25) is 4.79 Å². The van der Waals surface area contributed by atoms with Crippen molar-refractivity contribution < 1.29 is 9.42 Å². The SMILES string of the molecule is Cc1nonc1CC(=O)N(C)C1CCCN(CCCc2ccccc2)C1. The molecule has 140 valence electrons. The smallest absolute Gasteiger partial charge is 0.228 e. The number of piperidine rings is 1. The molecule has 6 nitrogen and oxygen atoms in total. The molecule has 1 saturated heterocycles. The maximum Gasteiger partial charge on any atom is 0.228 e. The number of aryl methyl sites for hydroxylation is 2. The Morgan fingerprint density at radius 2 is 2.12 bits per heavy atom. The van der Waals surface area contributed by atoms with Crippen LogP contribution in [0, 0.1) is 6.92 Å². The third-order valence-electron chi connectivity index (χ3n) is 5.27. The molecule has 1 unspecified atom stereocenters. The molecule has 3 rings (SSSR count). The number of benzene rings is 1. The second-order valence-electron chi connectivity index (χ2n) is 7.16. The Balaban J connectivity index is 1.46. The highest BCUT2D eigenvalue weighted by atomic mass is 16.6. The highest BCUT2D eigenvalue weighted by Crippen LogP contribution is 2.17. The number of hydrogen-bond donors (Lipinski definition) is 0. The number of likely N-dealkylation sites (tertiary alicyclic amines) is 1. The van der Waals surface area contributed by atoms with Gasteiger partial charge in [0.25, 0.3) is 0 Å². The summed E-state index contributed by atoms with van der Waals surface area (Å²) in [4.78, 5) is 16.9. The molecule has 1 aliphatic rings. The van der Waals surface area contributed by atoms with E-state index in [1.165, 1.54) is 5.56 Å². The molecule has 1 fully saturated rings. The molecular weight excluding hydrogens is 328 g/mol. The molecule has 0 aliphatic carbocycles. The Hall–Kier alpha value is -2.21. The van der Waals surface area contributed by atoms with Gasteiger partial charge >= 0.3 is 0 Å². The average molecular weight is 356 g/mol. The number of aromatic nitrogens is 2. The van der Waals surface area contributed by atoms with Crippen molar-refractivity contribution >= 4 is 5.91 Å². The standard InChI is InChI=1S/C20H28N4O2/c1-16-19(22-26-21-16)14-20(25)23(2)18-11-7-13-24(15-18)12-6-10-17-8-4-3-5-9-17/h3-5,8-9,18H,6-7,10-15H2,1-2H3. The molecule has 0 bridgehead atoms. The molecule has 6 heteroatoms. The first-order valence-electron chi connectivity index (χ1n) is 9.43. The summed E-state index contributed by atoms with van der Waals surface area (Å²) in [7, 11) is 1.91. The molecule has 1 aliphatic heterocycles. The van der Waals surface area contributed by atoms with Crippen molar-refractivity contribution in [2.45, 2.75) is 45.1 Å². The molecule has 1 atom stereocenters. The lowest BCUT2D eigenvalue weighted by Crippen LogP contribution is -2.49. The van der Waals surface area contributed by atoms with E-state index in [1.54, 1.807) is 0 Å². The highest BCUT2D eigenvalue weighted by molar-refractivity contribution is 5.78. The van der Waals surface area contributed by atoms with Crippen LogP contribution < -0.4 is 0 Å². The fourth-order valence-corrected chi connectivity index (χ4v) is 3.58.